The lowest BCUT2D eigenvalue weighted by Crippen LogP contribution is -2.39. The van der Waals surface area contributed by atoms with Crippen LogP contribution in [-0.2, 0) is 23.2 Å². The first-order chi connectivity index (χ1) is 23.1. The molecule has 250 valence electrons. The highest BCUT2D eigenvalue weighted by atomic mass is 31.2. The Kier molecular flexibility index (Phi) is 9.69. The van der Waals surface area contributed by atoms with Crippen LogP contribution in [0.1, 0.15) is 48.1 Å². The van der Waals surface area contributed by atoms with Gasteiger partial charge in [0.1, 0.15) is 0 Å². The molecule has 6 rings (SSSR count). The van der Waals surface area contributed by atoms with Crippen LogP contribution in [0.25, 0.3) is 17.2 Å². The largest absolute Gasteiger partial charge is 0.529 e. The van der Waals surface area contributed by atoms with Gasteiger partial charge in [0.25, 0.3) is 0 Å². The molecule has 1 unspecified atom stereocenters. The number of fused-ring (bicyclic) bond motifs is 1. The topological polar surface area (TPSA) is 184 Å². The number of aromatic nitrogens is 4. The number of ketones is 1. The van der Waals surface area contributed by atoms with Crippen LogP contribution >= 0.6 is 7.82 Å². The number of imidazole rings is 1. The summed E-state index contributed by atoms with van der Waals surface area (Å²) in [6.45, 7) is 1.32. The van der Waals surface area contributed by atoms with Crippen molar-refractivity contribution in [3.8, 4) is 0 Å². The van der Waals surface area contributed by atoms with Crippen LogP contribution < -0.4 is 16.1 Å². The number of carbonyl (C=O) groups is 2. The SMILES string of the molecule is CON(c1ccc(C=CC(=O)c2ccccc2)cc1)[C@@H](C)C(=O)OP(=O)(O)OC[C@@H]1C=C[C@H](n2cnc3c(NC4CC4)nc(N)nc32)C1. The molecule has 2 heterocycles. The normalized spacial score (nSPS) is 19.3. The van der Waals surface area contributed by atoms with Gasteiger partial charge in [0.15, 0.2) is 28.8 Å². The zero-order valence-corrected chi connectivity index (χ0v) is 27.3. The van der Waals surface area contributed by atoms with E-state index in [4.69, 9.17) is 19.6 Å². The van der Waals surface area contributed by atoms with Crippen molar-refractivity contribution in [3.05, 3.63) is 90.3 Å². The summed E-state index contributed by atoms with van der Waals surface area (Å²) in [5.74, 6) is -0.640. The van der Waals surface area contributed by atoms with Gasteiger partial charge in [-0.15, -0.1) is 0 Å². The minimum atomic E-state index is -4.76. The molecular formula is C33H36N7O7P. The highest BCUT2D eigenvalue weighted by Gasteiger charge is 2.34. The van der Waals surface area contributed by atoms with E-state index < -0.39 is 19.8 Å². The summed E-state index contributed by atoms with van der Waals surface area (Å²) >= 11 is 0. The van der Waals surface area contributed by atoms with Gasteiger partial charge in [0.05, 0.1) is 31.8 Å². The number of phosphoric ester groups is 1. The molecular weight excluding hydrogens is 637 g/mol. The second kappa shape index (κ2) is 14.1. The van der Waals surface area contributed by atoms with Crippen LogP contribution in [0.4, 0.5) is 17.5 Å². The van der Waals surface area contributed by atoms with E-state index in [9.17, 15) is 19.0 Å². The van der Waals surface area contributed by atoms with Gasteiger partial charge < -0.3 is 20.1 Å². The second-order valence-corrected chi connectivity index (χ2v) is 13.0. The Labute approximate surface area is 276 Å². The Morgan fingerprint density at radius 1 is 1.15 bits per heavy atom. The molecule has 1 fully saturated rings. The number of nitrogens with one attached hydrogen (secondary N) is 1. The number of benzene rings is 2. The van der Waals surface area contributed by atoms with Gasteiger partial charge in [0, 0.05) is 17.5 Å². The van der Waals surface area contributed by atoms with Crippen molar-refractivity contribution in [2.75, 3.05) is 29.8 Å². The van der Waals surface area contributed by atoms with Gasteiger partial charge in [-0.25, -0.2) is 19.4 Å². The molecule has 48 heavy (non-hydrogen) atoms. The van der Waals surface area contributed by atoms with E-state index in [2.05, 4.69) is 20.3 Å². The highest BCUT2D eigenvalue weighted by molar-refractivity contribution is 7.48. The lowest BCUT2D eigenvalue weighted by atomic mass is 10.1. The molecule has 0 amide bonds. The summed E-state index contributed by atoms with van der Waals surface area (Å²) < 4.78 is 24.8. The maximum Gasteiger partial charge on any atom is 0.529 e. The third-order valence-corrected chi connectivity index (χ3v) is 8.93. The molecule has 0 aliphatic heterocycles. The molecule has 0 saturated heterocycles. The van der Waals surface area contributed by atoms with Crippen LogP contribution in [0.15, 0.2) is 79.2 Å². The summed E-state index contributed by atoms with van der Waals surface area (Å²) in [6.07, 6.45) is 11.3. The third-order valence-electron chi connectivity index (χ3n) is 8.04. The number of hydroxylamine groups is 1. The molecule has 4 atom stereocenters. The van der Waals surface area contributed by atoms with Gasteiger partial charge in [-0.05, 0) is 50.0 Å². The fourth-order valence-electron chi connectivity index (χ4n) is 5.37. The predicted molar refractivity (Wildman–Crippen MR) is 180 cm³/mol. The minimum Gasteiger partial charge on any atom is -0.369 e. The van der Waals surface area contributed by atoms with Gasteiger partial charge >= 0.3 is 13.8 Å². The Balaban J connectivity index is 1.01. The minimum absolute atomic E-state index is 0.128. The first-order valence-electron chi connectivity index (χ1n) is 15.5. The third kappa shape index (κ3) is 7.80. The number of nitrogens with zero attached hydrogens (tertiary/aromatic N) is 5. The van der Waals surface area contributed by atoms with Crippen LogP contribution in [0.3, 0.4) is 0 Å². The van der Waals surface area contributed by atoms with Crippen LogP contribution in [-0.4, -0.2) is 62.0 Å². The summed E-state index contributed by atoms with van der Waals surface area (Å²) in [7, 11) is -3.40. The van der Waals surface area contributed by atoms with E-state index in [1.54, 1.807) is 60.9 Å². The maximum atomic E-state index is 12.9. The summed E-state index contributed by atoms with van der Waals surface area (Å²) in [4.78, 5) is 54.2. The van der Waals surface area contributed by atoms with Crippen LogP contribution in [0.5, 0.6) is 0 Å². The van der Waals surface area contributed by atoms with E-state index in [0.717, 1.165) is 18.4 Å². The molecule has 0 radical (unpaired) electrons. The first-order valence-corrected chi connectivity index (χ1v) is 17.0. The average molecular weight is 674 g/mol. The predicted octanol–water partition coefficient (Wildman–Crippen LogP) is 5.11. The quantitative estimate of drug-likeness (QED) is 0.0528. The molecule has 2 aliphatic carbocycles. The number of nitrogens with two attached hydrogens (primary N) is 1. The van der Waals surface area contributed by atoms with Crippen molar-refractivity contribution in [2.24, 2.45) is 5.92 Å². The Bertz CT molecular complexity index is 1890. The van der Waals surface area contributed by atoms with Gasteiger partial charge in [-0.3, -0.25) is 19.0 Å². The van der Waals surface area contributed by atoms with E-state index in [0.29, 0.717) is 40.7 Å². The molecule has 0 bridgehead atoms. The standard InChI is InChI=1S/C33H36N7O7P/c1-21(40(45-2)26-14-8-22(9-15-26)11-17-28(41)24-6-4-3-5-7-24)32(42)47-48(43,44)46-19-23-10-16-27(18-23)39-20-35-29-30(36-25-12-13-25)37-33(34)38-31(29)39/h3-11,14-17,20-21,23,25,27H,12-13,18-19H2,1-2H3,(H,43,44)(H3,34,36,37,38)/t21-,23+,27-/m0/s1. The number of nitrogen functional groups attached to an aromatic ring is 1. The van der Waals surface area contributed by atoms with Gasteiger partial charge in [-0.2, -0.15) is 9.97 Å². The summed E-state index contributed by atoms with van der Waals surface area (Å²) in [5, 5.41) is 4.58. The molecule has 1 saturated carbocycles. The number of hydrogen-bond donors (Lipinski definition) is 3. The summed E-state index contributed by atoms with van der Waals surface area (Å²) in [5.41, 5.74) is 9.00. The molecule has 14 nitrogen and oxygen atoms in total. The van der Waals surface area contributed by atoms with E-state index in [1.807, 2.05) is 22.8 Å². The molecule has 0 spiro atoms. The second-order valence-electron chi connectivity index (χ2n) is 11.6. The van der Waals surface area contributed by atoms with Gasteiger partial charge in [0.2, 0.25) is 5.95 Å². The monoisotopic (exact) mass is 673 g/mol. The highest BCUT2D eigenvalue weighted by Crippen LogP contribution is 2.45. The molecule has 2 aromatic heterocycles. The fourth-order valence-corrected chi connectivity index (χ4v) is 6.18. The van der Waals surface area contributed by atoms with Crippen molar-refractivity contribution in [1.82, 2.24) is 19.5 Å². The Hall–Kier alpha value is -4.88. The van der Waals surface area contributed by atoms with E-state index in [1.165, 1.54) is 25.2 Å². The smallest absolute Gasteiger partial charge is 0.369 e. The molecule has 2 aromatic carbocycles. The Morgan fingerprint density at radius 3 is 2.60 bits per heavy atom. The zero-order chi connectivity index (χ0) is 33.8. The lowest BCUT2D eigenvalue weighted by molar-refractivity contribution is -0.139. The molecule has 4 aromatic rings. The number of phosphoric acid groups is 1. The van der Waals surface area contributed by atoms with E-state index in [-0.39, 0.29) is 30.3 Å². The number of carbonyl (C=O) groups excluding carboxylic acids is 2. The average Bonchev–Trinajstić information content (AvgIpc) is 3.59. The number of allylic oxidation sites excluding steroid dienone is 2. The summed E-state index contributed by atoms with van der Waals surface area (Å²) in [6, 6.07) is 14.9. The number of hydrogen-bond acceptors (Lipinski definition) is 12. The maximum absolute atomic E-state index is 12.9. The van der Waals surface area contributed by atoms with Crippen molar-refractivity contribution in [2.45, 2.75) is 44.3 Å². The van der Waals surface area contributed by atoms with Crippen molar-refractivity contribution in [3.63, 3.8) is 0 Å². The van der Waals surface area contributed by atoms with E-state index >= 15 is 0 Å². The first kappa shape index (κ1) is 33.0. The van der Waals surface area contributed by atoms with Crippen LogP contribution in [0, 0.1) is 5.92 Å². The molecule has 15 heteroatoms. The van der Waals surface area contributed by atoms with Crippen LogP contribution in [0.2, 0.25) is 0 Å². The number of rotatable bonds is 14. The fraction of sp³-hybridized carbons (Fsp3) is 0.303. The van der Waals surface area contributed by atoms with Crippen molar-refractivity contribution >= 4 is 54.3 Å². The molecule has 2 aliphatic rings. The zero-order valence-electron chi connectivity index (χ0n) is 26.4. The number of anilines is 3. The molecule has 4 N–H and O–H groups in total. The van der Waals surface area contributed by atoms with Crippen molar-refractivity contribution < 1.29 is 32.9 Å². The van der Waals surface area contributed by atoms with Gasteiger partial charge in [-0.1, -0.05) is 60.7 Å². The Morgan fingerprint density at radius 2 is 1.90 bits per heavy atom. The lowest BCUT2D eigenvalue weighted by Gasteiger charge is -2.27. The van der Waals surface area contributed by atoms with Crippen molar-refractivity contribution in [1.29, 1.82) is 0 Å².